The van der Waals surface area contributed by atoms with E-state index in [0.29, 0.717) is 30.5 Å². The molecule has 20 heavy (non-hydrogen) atoms. The zero-order chi connectivity index (χ0) is 14.5. The van der Waals surface area contributed by atoms with Gasteiger partial charge in [0.1, 0.15) is 5.76 Å². The van der Waals surface area contributed by atoms with Crippen molar-refractivity contribution in [3.63, 3.8) is 0 Å². The number of hydrogen-bond acceptors (Lipinski definition) is 3. The lowest BCUT2D eigenvalue weighted by atomic mass is 10.0. The second kappa shape index (κ2) is 6.39. The highest BCUT2D eigenvalue weighted by atomic mass is 16.3. The van der Waals surface area contributed by atoms with E-state index in [1.165, 1.54) is 5.56 Å². The zero-order valence-electron chi connectivity index (χ0n) is 11.8. The third kappa shape index (κ3) is 3.27. The second-order valence-corrected chi connectivity index (χ2v) is 4.99. The van der Waals surface area contributed by atoms with Gasteiger partial charge in [0.05, 0.1) is 0 Å². The predicted octanol–water partition coefficient (Wildman–Crippen LogP) is 2.76. The molecule has 0 aliphatic carbocycles. The van der Waals surface area contributed by atoms with Crippen molar-refractivity contribution in [1.82, 2.24) is 5.32 Å². The minimum Gasteiger partial charge on any atom is -0.451 e. The maximum Gasteiger partial charge on any atom is 0.287 e. The van der Waals surface area contributed by atoms with Crippen LogP contribution in [-0.4, -0.2) is 19.0 Å². The van der Waals surface area contributed by atoms with Crippen molar-refractivity contribution in [1.29, 1.82) is 0 Å². The van der Waals surface area contributed by atoms with Gasteiger partial charge in [-0.2, -0.15) is 0 Å². The Balaban J connectivity index is 2.14. The number of hydrogen-bond donors (Lipinski definition) is 2. The van der Waals surface area contributed by atoms with E-state index >= 15 is 0 Å². The molecule has 0 aliphatic rings. The van der Waals surface area contributed by atoms with Gasteiger partial charge < -0.3 is 15.5 Å². The van der Waals surface area contributed by atoms with E-state index in [0.717, 1.165) is 5.56 Å². The Morgan fingerprint density at radius 2 is 1.90 bits per heavy atom. The zero-order valence-corrected chi connectivity index (χ0v) is 11.8. The number of furan rings is 1. The van der Waals surface area contributed by atoms with Crippen LogP contribution in [0.25, 0.3) is 11.3 Å². The molecule has 4 nitrogen and oxygen atoms in total. The molecule has 0 bridgehead atoms. The number of carbonyl (C=O) groups excluding carboxylic acids is 1. The van der Waals surface area contributed by atoms with E-state index in [2.05, 4.69) is 31.3 Å². The number of carbonyl (C=O) groups is 1. The van der Waals surface area contributed by atoms with Crippen LogP contribution in [0.2, 0.25) is 0 Å². The van der Waals surface area contributed by atoms with Crippen molar-refractivity contribution in [3.05, 3.63) is 47.7 Å². The number of rotatable bonds is 5. The average molecular weight is 272 g/mol. The molecule has 1 amide bonds. The van der Waals surface area contributed by atoms with E-state index in [1.807, 2.05) is 18.2 Å². The molecule has 1 heterocycles. The summed E-state index contributed by atoms with van der Waals surface area (Å²) in [5.74, 6) is 1.26. The molecule has 0 saturated heterocycles. The predicted molar refractivity (Wildman–Crippen MR) is 79.6 cm³/mol. The Morgan fingerprint density at radius 1 is 1.20 bits per heavy atom. The van der Waals surface area contributed by atoms with Gasteiger partial charge in [-0.15, -0.1) is 0 Å². The molecule has 0 spiro atoms. The summed E-state index contributed by atoms with van der Waals surface area (Å²) >= 11 is 0. The fourth-order valence-corrected chi connectivity index (χ4v) is 1.92. The Hall–Kier alpha value is -2.07. The van der Waals surface area contributed by atoms with Crippen LogP contribution >= 0.6 is 0 Å². The van der Waals surface area contributed by atoms with Crippen molar-refractivity contribution >= 4 is 5.91 Å². The minimum absolute atomic E-state index is 0.236. The summed E-state index contributed by atoms with van der Waals surface area (Å²) < 4.78 is 5.58. The van der Waals surface area contributed by atoms with Crippen molar-refractivity contribution in [3.8, 4) is 11.3 Å². The normalized spacial score (nSPS) is 10.8. The third-order valence-corrected chi connectivity index (χ3v) is 3.12. The van der Waals surface area contributed by atoms with Gasteiger partial charge in [-0.25, -0.2) is 0 Å². The maximum absolute atomic E-state index is 11.7. The molecular weight excluding hydrogens is 252 g/mol. The molecule has 0 fully saturated rings. The SMILES string of the molecule is CC(C)c1ccc(-c2ccc(C(=O)NCCN)o2)cc1. The number of nitrogens with two attached hydrogens (primary N) is 1. The van der Waals surface area contributed by atoms with Gasteiger partial charge in [0.25, 0.3) is 5.91 Å². The molecule has 0 saturated carbocycles. The monoisotopic (exact) mass is 272 g/mol. The fraction of sp³-hybridized carbons (Fsp3) is 0.312. The largest absolute Gasteiger partial charge is 0.451 e. The molecule has 1 aromatic carbocycles. The standard InChI is InChI=1S/C16H20N2O2/c1-11(2)12-3-5-13(6-4-12)14-7-8-15(20-14)16(19)18-10-9-17/h3-8,11H,9-10,17H2,1-2H3,(H,18,19). The fourth-order valence-electron chi connectivity index (χ4n) is 1.92. The molecular formula is C16H20N2O2. The number of nitrogens with one attached hydrogen (secondary N) is 1. The van der Waals surface area contributed by atoms with E-state index in [9.17, 15) is 4.79 Å². The van der Waals surface area contributed by atoms with Crippen LogP contribution in [0, 0.1) is 0 Å². The summed E-state index contributed by atoms with van der Waals surface area (Å²) in [6, 6.07) is 11.7. The molecule has 0 unspecified atom stereocenters. The lowest BCUT2D eigenvalue weighted by molar-refractivity contribution is 0.0928. The van der Waals surface area contributed by atoms with Crippen molar-refractivity contribution < 1.29 is 9.21 Å². The Kier molecular flexibility index (Phi) is 4.58. The Labute approximate surface area is 119 Å². The Bertz CT molecular complexity index is 570. The molecule has 0 aliphatic heterocycles. The van der Waals surface area contributed by atoms with E-state index in [-0.39, 0.29) is 5.91 Å². The molecule has 0 radical (unpaired) electrons. The van der Waals surface area contributed by atoms with Gasteiger partial charge in [-0.3, -0.25) is 4.79 Å². The highest BCUT2D eigenvalue weighted by molar-refractivity contribution is 5.92. The maximum atomic E-state index is 11.7. The van der Waals surface area contributed by atoms with Crippen molar-refractivity contribution in [2.75, 3.05) is 13.1 Å². The second-order valence-electron chi connectivity index (χ2n) is 4.99. The highest BCUT2D eigenvalue weighted by Crippen LogP contribution is 2.24. The van der Waals surface area contributed by atoms with Crippen LogP contribution in [0.5, 0.6) is 0 Å². The summed E-state index contributed by atoms with van der Waals surface area (Å²) in [5, 5.41) is 2.68. The molecule has 106 valence electrons. The van der Waals surface area contributed by atoms with Crippen LogP contribution in [0.15, 0.2) is 40.8 Å². The third-order valence-electron chi connectivity index (χ3n) is 3.12. The lowest BCUT2D eigenvalue weighted by Crippen LogP contribution is -2.28. The van der Waals surface area contributed by atoms with Crippen LogP contribution in [0.1, 0.15) is 35.9 Å². The van der Waals surface area contributed by atoms with Gasteiger partial charge in [-0.1, -0.05) is 38.1 Å². The van der Waals surface area contributed by atoms with Gasteiger partial charge >= 0.3 is 0 Å². The lowest BCUT2D eigenvalue weighted by Gasteiger charge is -2.05. The van der Waals surface area contributed by atoms with E-state index in [4.69, 9.17) is 10.2 Å². The van der Waals surface area contributed by atoms with Gasteiger partial charge in [0, 0.05) is 18.7 Å². The van der Waals surface area contributed by atoms with E-state index in [1.54, 1.807) is 6.07 Å². The first kappa shape index (κ1) is 14.3. The Morgan fingerprint density at radius 3 is 2.50 bits per heavy atom. The smallest absolute Gasteiger partial charge is 0.287 e. The first-order valence-electron chi connectivity index (χ1n) is 6.80. The first-order valence-corrected chi connectivity index (χ1v) is 6.80. The molecule has 1 aromatic heterocycles. The van der Waals surface area contributed by atoms with Crippen LogP contribution < -0.4 is 11.1 Å². The molecule has 2 aromatic rings. The number of amides is 1. The number of benzene rings is 1. The van der Waals surface area contributed by atoms with Crippen molar-refractivity contribution in [2.45, 2.75) is 19.8 Å². The molecule has 4 heteroatoms. The summed E-state index contributed by atoms with van der Waals surface area (Å²) in [5.41, 5.74) is 7.59. The summed E-state index contributed by atoms with van der Waals surface area (Å²) in [6.45, 7) is 5.16. The first-order chi connectivity index (χ1) is 9.61. The van der Waals surface area contributed by atoms with Crippen LogP contribution in [0.3, 0.4) is 0 Å². The summed E-state index contributed by atoms with van der Waals surface area (Å²) in [6.07, 6.45) is 0. The van der Waals surface area contributed by atoms with Crippen LogP contribution in [-0.2, 0) is 0 Å². The molecule has 0 atom stereocenters. The highest BCUT2D eigenvalue weighted by Gasteiger charge is 2.11. The quantitative estimate of drug-likeness (QED) is 0.879. The minimum atomic E-state index is -0.236. The topological polar surface area (TPSA) is 68.3 Å². The average Bonchev–Trinajstić information content (AvgIpc) is 2.94. The van der Waals surface area contributed by atoms with E-state index < -0.39 is 0 Å². The van der Waals surface area contributed by atoms with Gasteiger partial charge in [0.2, 0.25) is 0 Å². The van der Waals surface area contributed by atoms with Gasteiger partial charge in [0.15, 0.2) is 5.76 Å². The van der Waals surface area contributed by atoms with Crippen molar-refractivity contribution in [2.24, 2.45) is 5.73 Å². The molecule has 3 N–H and O–H groups in total. The van der Waals surface area contributed by atoms with Gasteiger partial charge in [-0.05, 0) is 23.6 Å². The molecule has 2 rings (SSSR count). The van der Waals surface area contributed by atoms with Crippen LogP contribution in [0.4, 0.5) is 0 Å². The summed E-state index contributed by atoms with van der Waals surface area (Å²) in [4.78, 5) is 11.7. The summed E-state index contributed by atoms with van der Waals surface area (Å²) in [7, 11) is 0.